The highest BCUT2D eigenvalue weighted by molar-refractivity contribution is 5.87. The van der Waals surface area contributed by atoms with Crippen LogP contribution >= 0.6 is 0 Å². The van der Waals surface area contributed by atoms with Crippen LogP contribution in [-0.4, -0.2) is 94.0 Å². The van der Waals surface area contributed by atoms with E-state index in [0.717, 1.165) is 0 Å². The summed E-state index contributed by atoms with van der Waals surface area (Å²) in [5.41, 5.74) is 0.788. The minimum Gasteiger partial charge on any atom is -0.462 e. The molecule has 0 amide bonds. The van der Waals surface area contributed by atoms with Gasteiger partial charge >= 0.3 is 35.8 Å². The molecule has 0 aliphatic carbocycles. The smallest absolute Gasteiger partial charge is 0.333 e. The predicted molar refractivity (Wildman–Crippen MR) is 165 cm³/mol. The molecule has 14 heteroatoms. The first-order valence-electron chi connectivity index (χ1n) is 15.5. The average Bonchev–Trinajstić information content (AvgIpc) is 3.01. The van der Waals surface area contributed by atoms with Crippen molar-refractivity contribution in [3.05, 3.63) is 36.5 Å². The first-order chi connectivity index (χ1) is 22.3. The highest BCUT2D eigenvalue weighted by atomic mass is 16.7. The van der Waals surface area contributed by atoms with Gasteiger partial charge in [0, 0.05) is 43.1 Å². The molecule has 1 saturated heterocycles. The minimum absolute atomic E-state index is 0.0290. The van der Waals surface area contributed by atoms with Crippen molar-refractivity contribution in [2.24, 2.45) is 0 Å². The van der Waals surface area contributed by atoms with Crippen LogP contribution < -0.4 is 0 Å². The second kappa shape index (κ2) is 22.5. The highest BCUT2D eigenvalue weighted by Gasteiger charge is 2.47. The molecule has 1 aliphatic rings. The van der Waals surface area contributed by atoms with E-state index < -0.39 is 60.4 Å². The Hall–Kier alpha value is -4.04. The second-order valence-electron chi connectivity index (χ2n) is 11.0. The third-order valence-electron chi connectivity index (χ3n) is 6.50. The lowest BCUT2D eigenvalue weighted by atomic mass is 10.0. The van der Waals surface area contributed by atoms with Crippen molar-refractivity contribution >= 4 is 35.8 Å². The third-order valence-corrected chi connectivity index (χ3v) is 6.50. The molecule has 0 N–H and O–H groups in total. The molecule has 1 rings (SSSR count). The van der Waals surface area contributed by atoms with Gasteiger partial charge in [-0.15, -0.1) is 0 Å². The van der Waals surface area contributed by atoms with Gasteiger partial charge in [-0.1, -0.05) is 19.7 Å². The van der Waals surface area contributed by atoms with Gasteiger partial charge in [0.1, 0.15) is 0 Å². The number of carbonyl (C=O) groups excluding carboxylic acids is 6. The molecule has 1 heterocycles. The van der Waals surface area contributed by atoms with Crippen molar-refractivity contribution in [1.29, 1.82) is 0 Å². The van der Waals surface area contributed by atoms with E-state index in [4.69, 9.17) is 37.9 Å². The summed E-state index contributed by atoms with van der Waals surface area (Å²) in [6.45, 7) is 15.2. The zero-order chi connectivity index (χ0) is 35.4. The van der Waals surface area contributed by atoms with E-state index in [-0.39, 0.29) is 62.4 Å². The number of esters is 6. The number of rotatable bonds is 22. The van der Waals surface area contributed by atoms with E-state index >= 15 is 0 Å². The van der Waals surface area contributed by atoms with Gasteiger partial charge in [0.05, 0.1) is 26.4 Å². The normalized spacial score (nSPS) is 18.6. The summed E-state index contributed by atoms with van der Waals surface area (Å²) in [5.74, 6) is -3.55. The Balaban J connectivity index is 2.85. The fraction of sp³-hybridized carbons (Fsp3) is 0.636. The average molecular weight is 669 g/mol. The Morgan fingerprint density at radius 3 is 1.30 bits per heavy atom. The van der Waals surface area contributed by atoms with Gasteiger partial charge in [0.2, 0.25) is 0 Å². The Labute approximate surface area is 275 Å². The lowest BCUT2D eigenvalue weighted by molar-refractivity contribution is -0.275. The molecule has 0 aromatic rings. The van der Waals surface area contributed by atoms with Crippen molar-refractivity contribution in [1.82, 2.24) is 0 Å². The quantitative estimate of drug-likeness (QED) is 0.0708. The predicted octanol–water partition coefficient (Wildman–Crippen LogP) is 3.59. The number of hydrogen-bond acceptors (Lipinski definition) is 14. The number of unbranched alkanes of at least 4 members (excludes halogenated alkanes) is 3. The monoisotopic (exact) mass is 668 g/mol. The minimum atomic E-state index is -1.28. The molecule has 0 saturated carbocycles. The Kier molecular flexibility index (Phi) is 19.6. The van der Waals surface area contributed by atoms with E-state index in [1.165, 1.54) is 27.9 Å². The zero-order valence-corrected chi connectivity index (χ0v) is 27.8. The highest BCUT2D eigenvalue weighted by Crippen LogP contribution is 2.26. The molecule has 0 spiro atoms. The number of carbonyl (C=O) groups is 6. The Morgan fingerprint density at radius 2 is 0.936 bits per heavy atom. The van der Waals surface area contributed by atoms with Crippen LogP contribution in [0.5, 0.6) is 0 Å². The summed E-state index contributed by atoms with van der Waals surface area (Å²) >= 11 is 0. The maximum atomic E-state index is 12.9. The number of hydrogen-bond donors (Lipinski definition) is 0. The molecule has 0 aromatic heterocycles. The van der Waals surface area contributed by atoms with Gasteiger partial charge in [0.25, 0.3) is 0 Å². The SMILES string of the molecule is C=C(C)C(=O)OCCCCC(=O)O[C@@H]1[C@@H](OC(=O)CCCCOC(=O)C(=C)C)[C@@H](OC)OC[C@H]1OC(=O)CCCCOC(=O)C(=C)C. The van der Waals surface area contributed by atoms with Crippen LogP contribution in [0, 0.1) is 0 Å². The van der Waals surface area contributed by atoms with Gasteiger partial charge in [0.15, 0.2) is 24.6 Å². The van der Waals surface area contributed by atoms with Crippen LogP contribution in [0.3, 0.4) is 0 Å². The van der Waals surface area contributed by atoms with Crippen molar-refractivity contribution in [2.75, 3.05) is 33.5 Å². The van der Waals surface area contributed by atoms with E-state index in [1.807, 2.05) is 0 Å². The standard InChI is InChI=1S/C33H48O14/c1-21(2)30(37)41-17-11-8-14-25(34)45-24-20-44-33(40-7)29(47-27(36)16-10-13-19-43-32(39)23(5)6)28(24)46-26(35)15-9-12-18-42-31(38)22(3)4/h24,28-29,33H,1,3,5,8-20H2,2,4,6-7H3/t24-,28+,29-,33+/m1/s1. The molecule has 264 valence electrons. The van der Waals surface area contributed by atoms with Crippen molar-refractivity contribution in [2.45, 2.75) is 103 Å². The maximum Gasteiger partial charge on any atom is 0.333 e. The van der Waals surface area contributed by atoms with Gasteiger partial charge in [-0.3, -0.25) is 14.4 Å². The van der Waals surface area contributed by atoms with Gasteiger partial charge in [-0.05, 0) is 59.3 Å². The van der Waals surface area contributed by atoms with Gasteiger partial charge in [-0.25, -0.2) is 14.4 Å². The van der Waals surface area contributed by atoms with Crippen molar-refractivity contribution < 1.29 is 66.7 Å². The zero-order valence-electron chi connectivity index (χ0n) is 27.8. The third kappa shape index (κ3) is 16.9. The van der Waals surface area contributed by atoms with Gasteiger partial charge < -0.3 is 37.9 Å². The molecular formula is C33H48O14. The molecule has 1 aliphatic heterocycles. The molecule has 0 radical (unpaired) electrons. The molecule has 1 fully saturated rings. The molecule has 14 nitrogen and oxygen atoms in total. The molecule has 0 unspecified atom stereocenters. The molecular weight excluding hydrogens is 620 g/mol. The molecule has 4 atom stereocenters. The van der Waals surface area contributed by atoms with Crippen molar-refractivity contribution in [3.8, 4) is 0 Å². The summed E-state index contributed by atoms with van der Waals surface area (Å²) in [6, 6.07) is 0. The van der Waals surface area contributed by atoms with Crippen LogP contribution in [0.4, 0.5) is 0 Å². The van der Waals surface area contributed by atoms with E-state index in [0.29, 0.717) is 38.5 Å². The number of methoxy groups -OCH3 is 1. The Bertz CT molecular complexity index is 1130. The largest absolute Gasteiger partial charge is 0.462 e. The van der Waals surface area contributed by atoms with E-state index in [9.17, 15) is 28.8 Å². The lowest BCUT2D eigenvalue weighted by Crippen LogP contribution is -2.58. The molecule has 47 heavy (non-hydrogen) atoms. The maximum absolute atomic E-state index is 12.9. The van der Waals surface area contributed by atoms with Crippen LogP contribution in [-0.2, 0) is 66.7 Å². The fourth-order valence-corrected chi connectivity index (χ4v) is 3.94. The molecule has 0 aromatic carbocycles. The summed E-state index contributed by atoms with van der Waals surface area (Å²) in [7, 11) is 1.32. The van der Waals surface area contributed by atoms with Crippen LogP contribution in [0.1, 0.15) is 78.6 Å². The van der Waals surface area contributed by atoms with E-state index in [1.54, 1.807) is 0 Å². The number of ether oxygens (including phenoxy) is 8. The van der Waals surface area contributed by atoms with Gasteiger partial charge in [-0.2, -0.15) is 0 Å². The first-order valence-corrected chi connectivity index (χ1v) is 15.5. The topological polar surface area (TPSA) is 176 Å². The lowest BCUT2D eigenvalue weighted by Gasteiger charge is -2.40. The first kappa shape index (κ1) is 41.0. The van der Waals surface area contributed by atoms with Crippen LogP contribution in [0.2, 0.25) is 0 Å². The van der Waals surface area contributed by atoms with Crippen LogP contribution in [0.15, 0.2) is 36.5 Å². The summed E-state index contributed by atoms with van der Waals surface area (Å²) < 4.78 is 43.0. The molecule has 0 bridgehead atoms. The fourth-order valence-electron chi connectivity index (χ4n) is 3.94. The summed E-state index contributed by atoms with van der Waals surface area (Å²) in [6.07, 6.45) is -2.79. The van der Waals surface area contributed by atoms with Crippen LogP contribution in [0.25, 0.3) is 0 Å². The summed E-state index contributed by atoms with van der Waals surface area (Å²) in [5, 5.41) is 0. The Morgan fingerprint density at radius 1 is 0.574 bits per heavy atom. The summed E-state index contributed by atoms with van der Waals surface area (Å²) in [4.78, 5) is 72.9. The second-order valence-corrected chi connectivity index (χ2v) is 11.0. The van der Waals surface area contributed by atoms with E-state index in [2.05, 4.69) is 19.7 Å². The van der Waals surface area contributed by atoms with Crippen molar-refractivity contribution in [3.63, 3.8) is 0 Å².